The van der Waals surface area contributed by atoms with Gasteiger partial charge in [0.15, 0.2) is 0 Å². The van der Waals surface area contributed by atoms with E-state index >= 15 is 0 Å². The zero-order chi connectivity index (χ0) is 10.9. The summed E-state index contributed by atoms with van der Waals surface area (Å²) in [6.07, 6.45) is 8.45. The van der Waals surface area contributed by atoms with Gasteiger partial charge in [0.2, 0.25) is 0 Å². The molecule has 1 fully saturated rings. The Hall–Kier alpha value is -0.730. The fourth-order valence-corrected chi connectivity index (χ4v) is 1.93. The number of carbonyl (C=O) groups is 1. The molecule has 88 valence electrons. The van der Waals surface area contributed by atoms with Crippen LogP contribution >= 0.6 is 0 Å². The van der Waals surface area contributed by atoms with Crippen molar-refractivity contribution >= 4 is 6.03 Å². The Labute approximate surface area is 93.2 Å². The molecule has 3 nitrogen and oxygen atoms in total. The summed E-state index contributed by atoms with van der Waals surface area (Å²) in [7, 11) is 0. The molecule has 2 amide bonds. The van der Waals surface area contributed by atoms with E-state index < -0.39 is 0 Å². The first kappa shape index (κ1) is 12.3. The van der Waals surface area contributed by atoms with Crippen LogP contribution in [0.2, 0.25) is 0 Å². The van der Waals surface area contributed by atoms with Crippen LogP contribution < -0.4 is 5.32 Å². The minimum atomic E-state index is 0.144. The summed E-state index contributed by atoms with van der Waals surface area (Å²) in [5.41, 5.74) is 0. The Morgan fingerprint density at radius 1 is 1.13 bits per heavy atom. The largest absolute Gasteiger partial charge is 0.338 e. The van der Waals surface area contributed by atoms with Gasteiger partial charge < -0.3 is 10.2 Å². The topological polar surface area (TPSA) is 32.3 Å². The van der Waals surface area contributed by atoms with Gasteiger partial charge >= 0.3 is 6.03 Å². The first-order chi connectivity index (χ1) is 7.34. The van der Waals surface area contributed by atoms with Crippen LogP contribution in [0.15, 0.2) is 0 Å². The van der Waals surface area contributed by atoms with Crippen LogP contribution in [0.25, 0.3) is 0 Å². The first-order valence-electron chi connectivity index (χ1n) is 6.37. The average molecular weight is 212 g/mol. The number of hydrogen-bond acceptors (Lipinski definition) is 1. The molecule has 0 spiro atoms. The van der Waals surface area contributed by atoms with Crippen LogP contribution in [0.5, 0.6) is 0 Å². The Morgan fingerprint density at radius 2 is 1.73 bits per heavy atom. The van der Waals surface area contributed by atoms with Gasteiger partial charge in [0.1, 0.15) is 0 Å². The molecular formula is C12H24N2O. The third-order valence-electron chi connectivity index (χ3n) is 2.95. The Morgan fingerprint density at radius 3 is 2.33 bits per heavy atom. The highest BCUT2D eigenvalue weighted by atomic mass is 16.2. The molecule has 1 heterocycles. The number of unbranched alkanes of at least 4 members (excludes halogenated alkanes) is 1. The Bertz CT molecular complexity index is 174. The normalized spacial score (nSPS) is 18.1. The highest BCUT2D eigenvalue weighted by molar-refractivity contribution is 5.74. The molecule has 0 bridgehead atoms. The molecule has 0 saturated carbocycles. The van der Waals surface area contributed by atoms with Crippen molar-refractivity contribution in [2.24, 2.45) is 0 Å². The molecule has 0 atom stereocenters. The van der Waals surface area contributed by atoms with Crippen LogP contribution in [0.1, 0.15) is 51.9 Å². The van der Waals surface area contributed by atoms with Crippen molar-refractivity contribution in [2.45, 2.75) is 51.9 Å². The van der Waals surface area contributed by atoms with Gasteiger partial charge in [-0.05, 0) is 19.3 Å². The van der Waals surface area contributed by atoms with Gasteiger partial charge in [-0.3, -0.25) is 0 Å². The lowest BCUT2D eigenvalue weighted by Gasteiger charge is -2.24. The van der Waals surface area contributed by atoms with Gasteiger partial charge in [-0.25, -0.2) is 4.79 Å². The van der Waals surface area contributed by atoms with E-state index in [0.29, 0.717) is 0 Å². The van der Waals surface area contributed by atoms with Gasteiger partial charge in [-0.2, -0.15) is 0 Å². The fraction of sp³-hybridized carbons (Fsp3) is 0.917. The minimum Gasteiger partial charge on any atom is -0.338 e. The predicted molar refractivity (Wildman–Crippen MR) is 63.0 cm³/mol. The summed E-state index contributed by atoms with van der Waals surface area (Å²) < 4.78 is 0. The summed E-state index contributed by atoms with van der Waals surface area (Å²) in [6.45, 7) is 4.85. The smallest absolute Gasteiger partial charge is 0.317 e. The highest BCUT2D eigenvalue weighted by Gasteiger charge is 2.13. The van der Waals surface area contributed by atoms with E-state index in [1.807, 2.05) is 4.90 Å². The molecule has 0 unspecified atom stereocenters. The number of amides is 2. The van der Waals surface area contributed by atoms with Gasteiger partial charge in [-0.15, -0.1) is 0 Å². The molecule has 1 N–H and O–H groups in total. The number of nitrogens with one attached hydrogen (secondary N) is 1. The molecule has 3 heteroatoms. The maximum atomic E-state index is 11.8. The van der Waals surface area contributed by atoms with E-state index in [4.69, 9.17) is 0 Å². The SMILES string of the molecule is CCCCNC(=O)N1CCCCCCC1. The third-order valence-corrected chi connectivity index (χ3v) is 2.95. The molecule has 0 aromatic rings. The van der Waals surface area contributed by atoms with Crippen LogP contribution in [0.3, 0.4) is 0 Å². The average Bonchev–Trinajstić information content (AvgIpc) is 2.17. The van der Waals surface area contributed by atoms with Crippen molar-refractivity contribution in [3.63, 3.8) is 0 Å². The van der Waals surface area contributed by atoms with Crippen LogP contribution in [-0.2, 0) is 0 Å². The fourth-order valence-electron chi connectivity index (χ4n) is 1.93. The lowest BCUT2D eigenvalue weighted by atomic mass is 10.1. The van der Waals surface area contributed by atoms with Crippen molar-refractivity contribution < 1.29 is 4.79 Å². The lowest BCUT2D eigenvalue weighted by molar-refractivity contribution is 0.192. The molecule has 0 aromatic heterocycles. The van der Waals surface area contributed by atoms with E-state index in [2.05, 4.69) is 12.2 Å². The maximum Gasteiger partial charge on any atom is 0.317 e. The van der Waals surface area contributed by atoms with Gasteiger partial charge in [0, 0.05) is 19.6 Å². The Kier molecular flexibility index (Phi) is 6.21. The predicted octanol–water partition coefficient (Wildman–Crippen LogP) is 2.76. The number of hydrogen-bond donors (Lipinski definition) is 1. The number of rotatable bonds is 3. The summed E-state index contributed by atoms with van der Waals surface area (Å²) in [5, 5.41) is 2.99. The molecule has 0 aromatic carbocycles. The zero-order valence-corrected chi connectivity index (χ0v) is 9.93. The Balaban J connectivity index is 2.22. The second-order valence-electron chi connectivity index (χ2n) is 4.34. The molecule has 1 saturated heterocycles. The van der Waals surface area contributed by atoms with Crippen LogP contribution in [0.4, 0.5) is 4.79 Å². The highest BCUT2D eigenvalue weighted by Crippen LogP contribution is 2.10. The van der Waals surface area contributed by atoms with Crippen molar-refractivity contribution in [1.82, 2.24) is 10.2 Å². The monoisotopic (exact) mass is 212 g/mol. The van der Waals surface area contributed by atoms with Gasteiger partial charge in [0.25, 0.3) is 0 Å². The standard InChI is InChI=1S/C12H24N2O/c1-2-3-9-13-12(15)14-10-7-5-4-6-8-11-14/h2-11H2,1H3,(H,13,15). The number of likely N-dealkylation sites (tertiary alicyclic amines) is 1. The maximum absolute atomic E-state index is 11.8. The van der Waals surface area contributed by atoms with Crippen molar-refractivity contribution in [3.8, 4) is 0 Å². The minimum absolute atomic E-state index is 0.144. The summed E-state index contributed by atoms with van der Waals surface area (Å²) in [6, 6.07) is 0.144. The summed E-state index contributed by atoms with van der Waals surface area (Å²) >= 11 is 0. The molecular weight excluding hydrogens is 188 g/mol. The summed E-state index contributed by atoms with van der Waals surface area (Å²) in [4.78, 5) is 13.7. The van der Waals surface area contributed by atoms with E-state index in [1.165, 1.54) is 32.1 Å². The van der Waals surface area contributed by atoms with Crippen LogP contribution in [-0.4, -0.2) is 30.6 Å². The number of urea groups is 1. The van der Waals surface area contributed by atoms with Gasteiger partial charge in [0.05, 0.1) is 0 Å². The third kappa shape index (κ3) is 5.05. The quantitative estimate of drug-likeness (QED) is 0.717. The van der Waals surface area contributed by atoms with Crippen molar-refractivity contribution in [2.75, 3.05) is 19.6 Å². The molecule has 1 aliphatic heterocycles. The van der Waals surface area contributed by atoms with Gasteiger partial charge in [-0.1, -0.05) is 32.6 Å². The van der Waals surface area contributed by atoms with E-state index in [9.17, 15) is 4.79 Å². The number of carbonyl (C=O) groups excluding carboxylic acids is 1. The number of nitrogens with zero attached hydrogens (tertiary/aromatic N) is 1. The summed E-state index contributed by atoms with van der Waals surface area (Å²) in [5.74, 6) is 0. The molecule has 15 heavy (non-hydrogen) atoms. The molecule has 1 rings (SSSR count). The van der Waals surface area contributed by atoms with E-state index in [0.717, 1.165) is 32.5 Å². The zero-order valence-electron chi connectivity index (χ0n) is 9.93. The molecule has 0 radical (unpaired) electrons. The second-order valence-corrected chi connectivity index (χ2v) is 4.34. The molecule has 1 aliphatic rings. The van der Waals surface area contributed by atoms with E-state index in [1.54, 1.807) is 0 Å². The van der Waals surface area contributed by atoms with Crippen molar-refractivity contribution in [3.05, 3.63) is 0 Å². The molecule has 0 aliphatic carbocycles. The second kappa shape index (κ2) is 7.55. The van der Waals surface area contributed by atoms with Crippen LogP contribution in [0, 0.1) is 0 Å². The lowest BCUT2D eigenvalue weighted by Crippen LogP contribution is -2.41. The first-order valence-corrected chi connectivity index (χ1v) is 6.37. The van der Waals surface area contributed by atoms with E-state index in [-0.39, 0.29) is 6.03 Å². The van der Waals surface area contributed by atoms with Crippen molar-refractivity contribution in [1.29, 1.82) is 0 Å².